The first-order valence-electron chi connectivity index (χ1n) is 10.9. The Morgan fingerprint density at radius 3 is 2.82 bits per heavy atom. The molecule has 28 heavy (non-hydrogen) atoms. The van der Waals surface area contributed by atoms with E-state index < -0.39 is 0 Å². The SMILES string of the molecule is COC(=O)N1CCC2(C)C3CCC4(C)C(c5cccnc5)=CCC4C3CCC12. The zero-order chi connectivity index (χ0) is 19.5. The molecule has 0 radical (unpaired) electrons. The van der Waals surface area contributed by atoms with Crippen molar-refractivity contribution in [3.63, 3.8) is 0 Å². The maximum absolute atomic E-state index is 12.3. The Balaban J connectivity index is 1.42. The van der Waals surface area contributed by atoms with E-state index in [9.17, 15) is 4.79 Å². The molecule has 1 amide bonds. The number of pyridine rings is 1. The fourth-order valence-electron chi connectivity index (χ4n) is 7.69. The lowest BCUT2D eigenvalue weighted by molar-refractivity contribution is -0.0608. The van der Waals surface area contributed by atoms with E-state index >= 15 is 0 Å². The second-order valence-electron chi connectivity index (χ2n) is 9.94. The van der Waals surface area contributed by atoms with E-state index in [2.05, 4.69) is 37.0 Å². The molecule has 3 aliphatic carbocycles. The highest BCUT2D eigenvalue weighted by molar-refractivity contribution is 5.72. The molecule has 4 heteroatoms. The van der Waals surface area contributed by atoms with E-state index in [1.54, 1.807) is 0 Å². The van der Waals surface area contributed by atoms with Gasteiger partial charge < -0.3 is 9.64 Å². The largest absolute Gasteiger partial charge is 0.453 e. The van der Waals surface area contributed by atoms with Crippen LogP contribution in [0.2, 0.25) is 0 Å². The maximum atomic E-state index is 12.3. The van der Waals surface area contributed by atoms with Crippen molar-refractivity contribution in [3.8, 4) is 0 Å². The van der Waals surface area contributed by atoms with Crippen molar-refractivity contribution in [2.75, 3.05) is 13.7 Å². The van der Waals surface area contributed by atoms with Gasteiger partial charge in [-0.25, -0.2) is 4.79 Å². The molecule has 150 valence electrons. The van der Waals surface area contributed by atoms with Gasteiger partial charge >= 0.3 is 6.09 Å². The molecular formula is C24H32N2O2. The quantitative estimate of drug-likeness (QED) is 0.676. The van der Waals surface area contributed by atoms with Gasteiger partial charge in [0.1, 0.15) is 0 Å². The summed E-state index contributed by atoms with van der Waals surface area (Å²) in [6, 6.07) is 4.64. The molecule has 0 spiro atoms. The minimum absolute atomic E-state index is 0.130. The topological polar surface area (TPSA) is 42.4 Å². The molecule has 1 saturated heterocycles. The summed E-state index contributed by atoms with van der Waals surface area (Å²) < 4.78 is 5.09. The second-order valence-corrected chi connectivity index (χ2v) is 9.94. The summed E-state index contributed by atoms with van der Waals surface area (Å²) in [7, 11) is 1.51. The van der Waals surface area contributed by atoms with Crippen LogP contribution >= 0.6 is 0 Å². The standard InChI is InChI=1S/C24H32N2O2/c1-23-11-10-20-17(19(23)8-7-18(23)16-5-4-13-25-15-16)6-9-21-24(20,2)12-14-26(21)22(27)28-3/h4-5,7,13,15,17,19-21H,6,8-12,14H2,1-3H3. The second kappa shape index (κ2) is 6.33. The Labute approximate surface area is 168 Å². The van der Waals surface area contributed by atoms with Crippen molar-refractivity contribution in [2.24, 2.45) is 28.6 Å². The third-order valence-corrected chi connectivity index (χ3v) is 9.05. The molecule has 1 aliphatic heterocycles. The summed E-state index contributed by atoms with van der Waals surface area (Å²) >= 11 is 0. The van der Waals surface area contributed by atoms with Gasteiger partial charge in [-0.1, -0.05) is 26.0 Å². The third-order valence-electron chi connectivity index (χ3n) is 9.05. The minimum atomic E-state index is -0.130. The molecular weight excluding hydrogens is 348 g/mol. The smallest absolute Gasteiger partial charge is 0.409 e. The summed E-state index contributed by atoms with van der Waals surface area (Å²) in [6.45, 7) is 5.83. The van der Waals surface area contributed by atoms with Gasteiger partial charge in [-0.15, -0.1) is 0 Å². The average molecular weight is 381 g/mol. The van der Waals surface area contributed by atoms with Crippen LogP contribution < -0.4 is 0 Å². The maximum Gasteiger partial charge on any atom is 0.409 e. The highest BCUT2D eigenvalue weighted by Crippen LogP contribution is 2.66. The van der Waals surface area contributed by atoms with Crippen LogP contribution in [0.5, 0.6) is 0 Å². The predicted molar refractivity (Wildman–Crippen MR) is 109 cm³/mol. The number of allylic oxidation sites excluding steroid dienone is 2. The van der Waals surface area contributed by atoms with Gasteiger partial charge in [0.2, 0.25) is 0 Å². The zero-order valence-corrected chi connectivity index (χ0v) is 17.4. The minimum Gasteiger partial charge on any atom is -0.453 e. The lowest BCUT2D eigenvalue weighted by Crippen LogP contribution is -2.54. The highest BCUT2D eigenvalue weighted by atomic mass is 16.5. The zero-order valence-electron chi connectivity index (χ0n) is 17.4. The van der Waals surface area contributed by atoms with E-state index in [0.29, 0.717) is 6.04 Å². The van der Waals surface area contributed by atoms with Crippen molar-refractivity contribution in [1.82, 2.24) is 9.88 Å². The summed E-state index contributed by atoms with van der Waals surface area (Å²) in [5.41, 5.74) is 3.35. The van der Waals surface area contributed by atoms with Crippen LogP contribution in [-0.2, 0) is 4.74 Å². The van der Waals surface area contributed by atoms with E-state index in [4.69, 9.17) is 4.74 Å². The van der Waals surface area contributed by atoms with Crippen molar-refractivity contribution >= 4 is 11.7 Å². The molecule has 0 bridgehead atoms. The van der Waals surface area contributed by atoms with E-state index in [1.807, 2.05) is 17.3 Å². The highest BCUT2D eigenvalue weighted by Gasteiger charge is 2.61. The average Bonchev–Trinajstić information content (AvgIpc) is 3.25. The molecule has 4 nitrogen and oxygen atoms in total. The number of nitrogens with zero attached hydrogens (tertiary/aromatic N) is 2. The molecule has 5 rings (SSSR count). The first-order valence-corrected chi connectivity index (χ1v) is 10.9. The van der Waals surface area contributed by atoms with Gasteiger partial charge in [0.15, 0.2) is 0 Å². The number of amides is 1. The summed E-state index contributed by atoms with van der Waals surface area (Å²) in [5.74, 6) is 2.22. The van der Waals surface area contributed by atoms with E-state index in [1.165, 1.54) is 43.9 Å². The van der Waals surface area contributed by atoms with Crippen molar-refractivity contribution in [3.05, 3.63) is 36.2 Å². The number of likely N-dealkylation sites (tertiary alicyclic amines) is 1. The molecule has 1 aromatic heterocycles. The Morgan fingerprint density at radius 1 is 1.21 bits per heavy atom. The molecule has 6 unspecified atom stereocenters. The number of hydrogen-bond donors (Lipinski definition) is 0. The molecule has 6 atom stereocenters. The predicted octanol–water partition coefficient (Wildman–Crippen LogP) is 5.16. The molecule has 1 aromatic rings. The van der Waals surface area contributed by atoms with E-state index in [0.717, 1.165) is 37.1 Å². The number of hydrogen-bond acceptors (Lipinski definition) is 3. The third kappa shape index (κ3) is 2.36. The number of carbonyl (C=O) groups is 1. The Hall–Kier alpha value is -1.84. The lowest BCUT2D eigenvalue weighted by atomic mass is 9.48. The van der Waals surface area contributed by atoms with Gasteiger partial charge in [-0.05, 0) is 84.3 Å². The Bertz CT molecular complexity index is 806. The van der Waals surface area contributed by atoms with Gasteiger partial charge in [0.05, 0.1) is 7.11 Å². The van der Waals surface area contributed by atoms with Crippen LogP contribution in [-0.4, -0.2) is 35.7 Å². The fraction of sp³-hybridized carbons (Fsp3) is 0.667. The van der Waals surface area contributed by atoms with Gasteiger partial charge in [0.25, 0.3) is 0 Å². The first kappa shape index (κ1) is 18.2. The summed E-state index contributed by atoms with van der Waals surface area (Å²) in [5, 5.41) is 0. The summed E-state index contributed by atoms with van der Waals surface area (Å²) in [4.78, 5) is 18.7. The van der Waals surface area contributed by atoms with Crippen LogP contribution in [0.4, 0.5) is 4.79 Å². The first-order chi connectivity index (χ1) is 13.5. The monoisotopic (exact) mass is 380 g/mol. The van der Waals surface area contributed by atoms with Crippen LogP contribution in [0.1, 0.15) is 57.9 Å². The number of ether oxygens (including phenoxy) is 1. The number of carbonyl (C=O) groups excluding carboxylic acids is 1. The van der Waals surface area contributed by atoms with Crippen molar-refractivity contribution in [1.29, 1.82) is 0 Å². The van der Waals surface area contributed by atoms with Crippen molar-refractivity contribution < 1.29 is 9.53 Å². The lowest BCUT2D eigenvalue weighted by Gasteiger charge is -2.57. The molecule has 2 saturated carbocycles. The molecule has 2 heterocycles. The van der Waals surface area contributed by atoms with Gasteiger partial charge in [-0.2, -0.15) is 0 Å². The van der Waals surface area contributed by atoms with Crippen molar-refractivity contribution in [2.45, 2.75) is 58.4 Å². The Kier molecular flexibility index (Phi) is 4.12. The van der Waals surface area contributed by atoms with Crippen LogP contribution in [0, 0.1) is 28.6 Å². The fourth-order valence-corrected chi connectivity index (χ4v) is 7.69. The number of aromatic nitrogens is 1. The molecule has 4 aliphatic rings. The molecule has 0 aromatic carbocycles. The van der Waals surface area contributed by atoms with E-state index in [-0.39, 0.29) is 16.9 Å². The molecule has 0 N–H and O–H groups in total. The van der Waals surface area contributed by atoms with Gasteiger partial charge in [-0.3, -0.25) is 4.98 Å². The molecule has 3 fully saturated rings. The van der Waals surface area contributed by atoms with Gasteiger partial charge in [0, 0.05) is 25.0 Å². The summed E-state index contributed by atoms with van der Waals surface area (Å²) in [6.07, 6.45) is 13.5. The Morgan fingerprint density at radius 2 is 2.07 bits per heavy atom. The number of methoxy groups -OCH3 is 1. The van der Waals surface area contributed by atoms with Crippen LogP contribution in [0.15, 0.2) is 30.6 Å². The van der Waals surface area contributed by atoms with Crippen LogP contribution in [0.25, 0.3) is 5.57 Å². The number of fused-ring (bicyclic) bond motifs is 5. The number of rotatable bonds is 1. The normalized spacial score (nSPS) is 41.7. The van der Waals surface area contributed by atoms with Crippen LogP contribution in [0.3, 0.4) is 0 Å².